The fourth-order valence-electron chi connectivity index (χ4n) is 5.54. The zero-order valence-corrected chi connectivity index (χ0v) is 27.8. The average molecular weight is 686 g/mol. The van der Waals surface area contributed by atoms with Crippen LogP contribution >= 0.6 is 34.4 Å². The van der Waals surface area contributed by atoms with E-state index in [1.807, 2.05) is 23.6 Å². The lowest BCUT2D eigenvalue weighted by Crippen LogP contribution is -2.36. The highest BCUT2D eigenvalue weighted by Crippen LogP contribution is 2.50. The molecule has 1 aliphatic heterocycles. The van der Waals surface area contributed by atoms with Crippen LogP contribution < -0.4 is 9.47 Å². The average Bonchev–Trinajstić information content (AvgIpc) is 3.67. The molecule has 0 saturated carbocycles. The Morgan fingerprint density at radius 1 is 0.909 bits per heavy atom. The van der Waals surface area contributed by atoms with Gasteiger partial charge in [0.05, 0.1) is 36.3 Å². The van der Waals surface area contributed by atoms with E-state index in [0.717, 1.165) is 57.3 Å². The van der Waals surface area contributed by atoms with Gasteiger partial charge in [0.25, 0.3) is 5.01 Å². The smallest absolute Gasteiger partial charge is 0.263 e. The molecule has 3 aromatic carbocycles. The fourth-order valence-corrected chi connectivity index (χ4v) is 9.66. The van der Waals surface area contributed by atoms with Crippen molar-refractivity contribution in [1.29, 1.82) is 0 Å². The first kappa shape index (κ1) is 31.2. The number of nitrogens with zero attached hydrogens (tertiary/aromatic N) is 2. The van der Waals surface area contributed by atoms with Gasteiger partial charge in [-0.25, -0.2) is 16.8 Å². The van der Waals surface area contributed by atoms with E-state index in [1.165, 1.54) is 0 Å². The summed E-state index contributed by atoms with van der Waals surface area (Å²) in [6, 6.07) is 18.5. The monoisotopic (exact) mass is 685 g/mol. The zero-order chi connectivity index (χ0) is 31.1. The van der Waals surface area contributed by atoms with Gasteiger partial charge in [-0.2, -0.15) is 4.57 Å². The van der Waals surface area contributed by atoms with E-state index in [-0.39, 0.29) is 12.8 Å². The second-order valence-corrected chi connectivity index (χ2v) is 16.6. The number of allylic oxidation sites excluding steroid dienone is 2. The Labute approximate surface area is 268 Å². The minimum atomic E-state index is -4.34. The summed E-state index contributed by atoms with van der Waals surface area (Å²) in [5.74, 6) is -0.863. The molecule has 0 saturated heterocycles. The van der Waals surface area contributed by atoms with E-state index in [2.05, 4.69) is 64.9 Å². The molecule has 2 aromatic heterocycles. The van der Waals surface area contributed by atoms with E-state index in [1.54, 1.807) is 34.4 Å². The van der Waals surface area contributed by atoms with Gasteiger partial charge in [-0.15, -0.1) is 11.3 Å². The number of anilines is 1. The van der Waals surface area contributed by atoms with Gasteiger partial charge >= 0.3 is 0 Å². The lowest BCUT2D eigenvalue weighted by molar-refractivity contribution is -0.667. The first-order chi connectivity index (χ1) is 21.0. The van der Waals surface area contributed by atoms with Crippen LogP contribution in [0.4, 0.5) is 5.69 Å². The SMILES string of the molecule is CCC(=Cc1sc2ccc3sccc3c2[n+]1CCCS(=O)(=O)[O-])C=C1Sc2ccc3ccccc3c2N1CCCS(=O)(=O)[O-]. The Hall–Kier alpha value is -2.78. The Morgan fingerprint density at radius 3 is 2.43 bits per heavy atom. The topological polar surface area (TPSA) is 122 Å². The number of thioether (sulfide) groups is 1. The van der Waals surface area contributed by atoms with Crippen molar-refractivity contribution in [3.05, 3.63) is 81.7 Å². The molecule has 0 bridgehead atoms. The van der Waals surface area contributed by atoms with Gasteiger partial charge < -0.3 is 14.0 Å². The Kier molecular flexibility index (Phi) is 8.90. The molecule has 3 heterocycles. The van der Waals surface area contributed by atoms with Gasteiger partial charge in [-0.3, -0.25) is 0 Å². The summed E-state index contributed by atoms with van der Waals surface area (Å²) >= 11 is 4.88. The van der Waals surface area contributed by atoms with Crippen molar-refractivity contribution in [2.24, 2.45) is 0 Å². The summed E-state index contributed by atoms with van der Waals surface area (Å²) in [7, 11) is -8.67. The van der Waals surface area contributed by atoms with Crippen LogP contribution in [-0.2, 0) is 26.8 Å². The largest absolute Gasteiger partial charge is 0.748 e. The summed E-state index contributed by atoms with van der Waals surface area (Å²) in [6.45, 7) is 2.83. The van der Waals surface area contributed by atoms with Crippen molar-refractivity contribution in [1.82, 2.24) is 0 Å². The van der Waals surface area contributed by atoms with E-state index >= 15 is 0 Å². The zero-order valence-electron chi connectivity index (χ0n) is 23.8. The summed E-state index contributed by atoms with van der Waals surface area (Å²) in [5.41, 5.74) is 3.07. The van der Waals surface area contributed by atoms with Crippen molar-refractivity contribution in [3.63, 3.8) is 0 Å². The number of hydrogen-bond donors (Lipinski definition) is 0. The summed E-state index contributed by atoms with van der Waals surface area (Å²) in [5, 5.41) is 7.16. The molecule has 0 fully saturated rings. The number of thiophene rings is 1. The molecule has 44 heavy (non-hydrogen) atoms. The number of thiazole rings is 1. The number of aromatic nitrogens is 1. The molecule has 0 atom stereocenters. The number of rotatable bonds is 11. The van der Waals surface area contributed by atoms with Crippen molar-refractivity contribution >= 4 is 97.5 Å². The molecular weight excluding hydrogens is 657 g/mol. The Bertz CT molecular complexity index is 2160. The van der Waals surface area contributed by atoms with E-state index in [0.29, 0.717) is 19.5 Å². The second-order valence-electron chi connectivity index (χ2n) is 10.5. The van der Waals surface area contributed by atoms with Crippen LogP contribution in [0.5, 0.6) is 0 Å². The standard InChI is InChI=1S/C31H30N2O6S5/c1-2-21(20-29-33(15-6-18-44(37,38)39)31-24-13-16-40-25(24)11-12-27(31)42-29)19-28-32(14-5-17-43(34,35)36)30-23-8-4-3-7-22(23)9-10-26(30)41-28/h3-4,7-13,16,19-20H,2,5-6,14-15,17-18H2,1H3,(H-,34,35,36,37,38,39)/p-1. The van der Waals surface area contributed by atoms with Crippen LogP contribution in [0.1, 0.15) is 31.2 Å². The molecule has 5 aromatic rings. The Balaban J connectivity index is 1.43. The molecule has 0 amide bonds. The maximum atomic E-state index is 11.4. The lowest BCUT2D eigenvalue weighted by Gasteiger charge is -2.22. The van der Waals surface area contributed by atoms with Crippen molar-refractivity contribution in [2.45, 2.75) is 37.6 Å². The predicted molar refractivity (Wildman–Crippen MR) is 179 cm³/mol. The van der Waals surface area contributed by atoms with E-state index in [4.69, 9.17) is 0 Å². The number of benzene rings is 3. The number of fused-ring (bicyclic) bond motifs is 6. The predicted octanol–water partition coefficient (Wildman–Crippen LogP) is 6.67. The maximum Gasteiger partial charge on any atom is 0.263 e. The molecule has 0 N–H and O–H groups in total. The Morgan fingerprint density at radius 2 is 1.66 bits per heavy atom. The summed E-state index contributed by atoms with van der Waals surface area (Å²) in [6.07, 6.45) is 5.35. The highest BCUT2D eigenvalue weighted by molar-refractivity contribution is 8.03. The third-order valence-corrected chi connectivity index (χ3v) is 12.2. The third kappa shape index (κ3) is 6.74. The van der Waals surface area contributed by atoms with Gasteiger partial charge in [0.1, 0.15) is 4.70 Å². The summed E-state index contributed by atoms with van der Waals surface area (Å²) < 4.78 is 72.8. The molecular formula is C31H29N2O6S5-. The molecule has 6 rings (SSSR count). The van der Waals surface area contributed by atoms with E-state index in [9.17, 15) is 25.9 Å². The lowest BCUT2D eigenvalue weighted by atomic mass is 10.1. The van der Waals surface area contributed by atoms with Crippen LogP contribution in [0.2, 0.25) is 0 Å². The molecule has 230 valence electrons. The molecule has 0 spiro atoms. The molecule has 0 aliphatic carbocycles. The van der Waals surface area contributed by atoms with Gasteiger partial charge in [-0.1, -0.05) is 60.4 Å². The molecule has 0 unspecified atom stereocenters. The van der Waals surface area contributed by atoms with Gasteiger partial charge in [0, 0.05) is 45.5 Å². The van der Waals surface area contributed by atoms with Crippen molar-refractivity contribution in [2.75, 3.05) is 23.0 Å². The maximum absolute atomic E-state index is 11.4. The normalized spacial score (nSPS) is 15.3. The first-order valence-corrected chi connectivity index (χ1v) is 19.8. The second kappa shape index (κ2) is 12.5. The third-order valence-electron chi connectivity index (χ3n) is 7.51. The van der Waals surface area contributed by atoms with Crippen LogP contribution in [0.3, 0.4) is 0 Å². The van der Waals surface area contributed by atoms with Crippen LogP contribution in [0, 0.1) is 0 Å². The molecule has 13 heteroatoms. The number of hydrogen-bond acceptors (Lipinski definition) is 10. The molecule has 8 nitrogen and oxygen atoms in total. The molecule has 0 radical (unpaired) electrons. The quantitative estimate of drug-likeness (QED) is 0.112. The van der Waals surface area contributed by atoms with Crippen LogP contribution in [0.15, 0.2) is 81.6 Å². The van der Waals surface area contributed by atoms with E-state index < -0.39 is 31.7 Å². The number of aryl methyl sites for hydroxylation is 1. The van der Waals surface area contributed by atoms with Gasteiger partial charge in [0.15, 0.2) is 6.54 Å². The van der Waals surface area contributed by atoms with Gasteiger partial charge in [-0.05, 0) is 59.5 Å². The first-order valence-electron chi connectivity index (χ1n) is 14.1. The minimum absolute atomic E-state index is 0.202. The minimum Gasteiger partial charge on any atom is -0.748 e. The van der Waals surface area contributed by atoms with Gasteiger partial charge in [0.2, 0.25) is 5.52 Å². The van der Waals surface area contributed by atoms with Crippen molar-refractivity contribution < 1.29 is 30.5 Å². The highest BCUT2D eigenvalue weighted by atomic mass is 32.2. The fraction of sp³-hybridized carbons (Fsp3) is 0.258. The van der Waals surface area contributed by atoms with Crippen molar-refractivity contribution in [3.8, 4) is 0 Å². The summed E-state index contributed by atoms with van der Waals surface area (Å²) in [4.78, 5) is 3.18. The molecule has 1 aliphatic rings. The van der Waals surface area contributed by atoms with Crippen LogP contribution in [0.25, 0.3) is 37.2 Å². The van der Waals surface area contributed by atoms with Crippen LogP contribution in [-0.4, -0.2) is 44.0 Å². The highest BCUT2D eigenvalue weighted by Gasteiger charge is 2.28.